The molecule has 0 atom stereocenters. The maximum atomic E-state index is 13.1. The lowest BCUT2D eigenvalue weighted by Crippen LogP contribution is -2.32. The van der Waals surface area contributed by atoms with Crippen LogP contribution >= 0.6 is 11.8 Å². The molecular formula is C22H21FN6O2S. The van der Waals surface area contributed by atoms with Gasteiger partial charge in [0, 0.05) is 24.8 Å². The van der Waals surface area contributed by atoms with Crippen molar-refractivity contribution < 1.29 is 13.7 Å². The average Bonchev–Trinajstić information content (AvgIpc) is 3.40. The number of carbonyl (C=O) groups is 1. The monoisotopic (exact) mass is 452 g/mol. The highest BCUT2D eigenvalue weighted by molar-refractivity contribution is 7.99. The predicted molar refractivity (Wildman–Crippen MR) is 120 cm³/mol. The maximum absolute atomic E-state index is 13.1. The third kappa shape index (κ3) is 4.54. The fourth-order valence-electron chi connectivity index (χ4n) is 3.16. The van der Waals surface area contributed by atoms with Crippen molar-refractivity contribution in [2.45, 2.75) is 19.0 Å². The normalized spacial score (nSPS) is 11.0. The number of nitrogens with zero attached hydrogens (tertiary/aromatic N) is 6. The number of thioether (sulfide) groups is 1. The second kappa shape index (κ2) is 9.31. The second-order valence-electron chi connectivity index (χ2n) is 7.06. The molecule has 0 aliphatic carbocycles. The topological polar surface area (TPSA) is 89.9 Å². The summed E-state index contributed by atoms with van der Waals surface area (Å²) >= 11 is 1.28. The Morgan fingerprint density at radius 1 is 1.19 bits per heavy atom. The Balaban J connectivity index is 1.46. The Morgan fingerprint density at radius 2 is 1.97 bits per heavy atom. The lowest BCUT2D eigenvalue weighted by atomic mass is 10.2. The summed E-state index contributed by atoms with van der Waals surface area (Å²) in [6.07, 6.45) is 0. The average molecular weight is 453 g/mol. The van der Waals surface area contributed by atoms with Crippen LogP contribution in [0.4, 0.5) is 10.1 Å². The summed E-state index contributed by atoms with van der Waals surface area (Å²) in [4.78, 5) is 18.9. The molecule has 0 bridgehead atoms. The number of anilines is 1. The van der Waals surface area contributed by atoms with Crippen LogP contribution in [0.5, 0.6) is 0 Å². The van der Waals surface area contributed by atoms with E-state index in [0.29, 0.717) is 28.9 Å². The van der Waals surface area contributed by atoms with E-state index in [0.717, 1.165) is 11.3 Å². The summed E-state index contributed by atoms with van der Waals surface area (Å²) in [5.74, 6) is 0.733. The third-order valence-electron chi connectivity index (χ3n) is 4.81. The van der Waals surface area contributed by atoms with Crippen molar-refractivity contribution in [3.05, 3.63) is 59.9 Å². The molecule has 1 amide bonds. The molecule has 0 fully saturated rings. The number of rotatable bonds is 7. The van der Waals surface area contributed by atoms with Gasteiger partial charge >= 0.3 is 0 Å². The molecule has 0 saturated heterocycles. The van der Waals surface area contributed by atoms with E-state index in [2.05, 4.69) is 20.3 Å². The van der Waals surface area contributed by atoms with Gasteiger partial charge in [-0.25, -0.2) is 4.39 Å². The van der Waals surface area contributed by atoms with Crippen molar-refractivity contribution >= 4 is 23.4 Å². The zero-order chi connectivity index (χ0) is 22.7. The van der Waals surface area contributed by atoms with Gasteiger partial charge in [0.05, 0.1) is 5.75 Å². The molecule has 0 radical (unpaired) electrons. The molecule has 0 N–H and O–H groups in total. The van der Waals surface area contributed by atoms with Crippen LogP contribution in [0.3, 0.4) is 0 Å². The summed E-state index contributed by atoms with van der Waals surface area (Å²) in [5.41, 5.74) is 2.59. The molecule has 2 aromatic carbocycles. The van der Waals surface area contributed by atoms with Crippen molar-refractivity contribution in [3.63, 3.8) is 0 Å². The van der Waals surface area contributed by atoms with Gasteiger partial charge in [0.2, 0.25) is 17.6 Å². The first kappa shape index (κ1) is 21.7. The Labute approximate surface area is 188 Å². The van der Waals surface area contributed by atoms with Gasteiger partial charge in [-0.05, 0) is 55.8 Å². The summed E-state index contributed by atoms with van der Waals surface area (Å²) in [6.45, 7) is 4.51. The van der Waals surface area contributed by atoms with Gasteiger partial charge in [-0.2, -0.15) is 4.98 Å². The van der Waals surface area contributed by atoms with E-state index >= 15 is 0 Å². The number of hydrogen-bond acceptors (Lipinski definition) is 7. The molecule has 0 unspecified atom stereocenters. The van der Waals surface area contributed by atoms with Gasteiger partial charge in [-0.3, -0.25) is 4.79 Å². The number of halogens is 1. The molecule has 164 valence electrons. The summed E-state index contributed by atoms with van der Waals surface area (Å²) in [7, 11) is 1.77. The van der Waals surface area contributed by atoms with Crippen LogP contribution in [0.1, 0.15) is 12.5 Å². The minimum Gasteiger partial charge on any atom is -0.330 e. The van der Waals surface area contributed by atoms with Crippen molar-refractivity contribution in [3.8, 4) is 23.1 Å². The van der Waals surface area contributed by atoms with Gasteiger partial charge < -0.3 is 14.0 Å². The van der Waals surface area contributed by atoms with Gasteiger partial charge in [-0.15, -0.1) is 10.2 Å². The van der Waals surface area contributed by atoms with Crippen molar-refractivity contribution in [1.82, 2.24) is 24.9 Å². The molecule has 2 heterocycles. The van der Waals surface area contributed by atoms with E-state index in [-0.39, 0.29) is 23.4 Å². The molecule has 4 aromatic rings. The fourth-order valence-corrected chi connectivity index (χ4v) is 3.95. The highest BCUT2D eigenvalue weighted by atomic mass is 32.2. The molecule has 4 rings (SSSR count). The van der Waals surface area contributed by atoms with Crippen LogP contribution in [0.25, 0.3) is 23.1 Å². The van der Waals surface area contributed by atoms with E-state index in [1.807, 2.05) is 38.1 Å². The molecule has 0 aliphatic heterocycles. The molecule has 32 heavy (non-hydrogen) atoms. The van der Waals surface area contributed by atoms with Gasteiger partial charge in [-0.1, -0.05) is 29.1 Å². The van der Waals surface area contributed by atoms with E-state index in [1.165, 1.54) is 23.9 Å². The summed E-state index contributed by atoms with van der Waals surface area (Å²) in [5, 5.41) is 12.8. The molecular weight excluding hydrogens is 431 g/mol. The number of hydrogen-bond donors (Lipinski definition) is 0. The van der Waals surface area contributed by atoms with Crippen molar-refractivity contribution in [2.75, 3.05) is 17.2 Å². The Bertz CT molecular complexity index is 1240. The SMILES string of the molecule is CCN(C(=O)CSc1nnc(-c2nc(-c3ccc(F)cc3)no2)n1C)c1cccc(C)c1. The highest BCUT2D eigenvalue weighted by Gasteiger charge is 2.20. The van der Waals surface area contributed by atoms with Crippen LogP contribution in [0, 0.1) is 12.7 Å². The first-order valence-corrected chi connectivity index (χ1v) is 10.9. The van der Waals surface area contributed by atoms with Crippen LogP contribution < -0.4 is 4.90 Å². The smallest absolute Gasteiger partial charge is 0.296 e. The first-order chi connectivity index (χ1) is 15.5. The van der Waals surface area contributed by atoms with Gasteiger partial charge in [0.1, 0.15) is 5.82 Å². The Morgan fingerprint density at radius 3 is 2.69 bits per heavy atom. The largest absolute Gasteiger partial charge is 0.330 e. The predicted octanol–water partition coefficient (Wildman–Crippen LogP) is 4.12. The van der Waals surface area contributed by atoms with E-state index in [4.69, 9.17) is 4.52 Å². The number of benzene rings is 2. The molecule has 10 heteroatoms. The van der Waals surface area contributed by atoms with E-state index in [1.54, 1.807) is 28.6 Å². The first-order valence-electron chi connectivity index (χ1n) is 9.95. The second-order valence-corrected chi connectivity index (χ2v) is 8.00. The van der Waals surface area contributed by atoms with Crippen LogP contribution in [0.15, 0.2) is 58.2 Å². The molecule has 8 nitrogen and oxygen atoms in total. The maximum Gasteiger partial charge on any atom is 0.296 e. The number of amides is 1. The van der Waals surface area contributed by atoms with Gasteiger partial charge in [0.15, 0.2) is 5.16 Å². The van der Waals surface area contributed by atoms with E-state index in [9.17, 15) is 9.18 Å². The Hall–Kier alpha value is -3.53. The van der Waals surface area contributed by atoms with Gasteiger partial charge in [0.25, 0.3) is 5.89 Å². The molecule has 0 saturated carbocycles. The van der Waals surface area contributed by atoms with E-state index < -0.39 is 0 Å². The third-order valence-corrected chi connectivity index (χ3v) is 5.81. The number of aryl methyl sites for hydroxylation is 1. The van der Waals surface area contributed by atoms with Crippen LogP contribution in [-0.2, 0) is 11.8 Å². The molecule has 0 spiro atoms. The summed E-state index contributed by atoms with van der Waals surface area (Å²) < 4.78 is 20.1. The van der Waals surface area contributed by atoms with Crippen molar-refractivity contribution in [1.29, 1.82) is 0 Å². The molecule has 0 aliphatic rings. The lowest BCUT2D eigenvalue weighted by molar-refractivity contribution is -0.116. The zero-order valence-corrected chi connectivity index (χ0v) is 18.6. The highest BCUT2D eigenvalue weighted by Crippen LogP contribution is 2.25. The quantitative estimate of drug-likeness (QED) is 0.390. The van der Waals surface area contributed by atoms with Crippen molar-refractivity contribution in [2.24, 2.45) is 7.05 Å². The summed E-state index contributed by atoms with van der Waals surface area (Å²) in [6, 6.07) is 13.6. The lowest BCUT2D eigenvalue weighted by Gasteiger charge is -2.21. The fraction of sp³-hybridized carbons (Fsp3) is 0.227. The van der Waals surface area contributed by atoms with Crippen LogP contribution in [0.2, 0.25) is 0 Å². The number of aromatic nitrogens is 5. The zero-order valence-electron chi connectivity index (χ0n) is 17.8. The minimum absolute atomic E-state index is 0.0240. The standard InChI is InChI=1S/C22H21FN6O2S/c1-4-29(17-7-5-6-14(2)12-17)18(30)13-32-22-26-25-20(28(22)3)21-24-19(27-31-21)15-8-10-16(23)11-9-15/h5-12H,4,13H2,1-3H3. The number of carbonyl (C=O) groups excluding carboxylic acids is 1. The minimum atomic E-state index is -0.342. The molecule has 2 aromatic heterocycles. The Kier molecular flexibility index (Phi) is 6.31. The van der Waals surface area contributed by atoms with Crippen LogP contribution in [-0.4, -0.2) is 43.1 Å².